The summed E-state index contributed by atoms with van der Waals surface area (Å²) in [6.07, 6.45) is -1.34. The molecule has 0 saturated carbocycles. The van der Waals surface area contributed by atoms with Crippen molar-refractivity contribution in [2.75, 3.05) is 0 Å². The monoisotopic (exact) mass is 289 g/mol. The number of benzene rings is 1. The molecule has 1 saturated heterocycles. The number of nitrogens with zero attached hydrogens (tertiary/aromatic N) is 1. The average Bonchev–Trinajstić information content (AvgIpc) is 2.74. The van der Waals surface area contributed by atoms with Gasteiger partial charge in [-0.1, -0.05) is 57.7 Å². The Bertz CT molecular complexity index is 559. The third-order valence-electron chi connectivity index (χ3n) is 3.12. The second-order valence-corrected chi connectivity index (χ2v) is 5.98. The fraction of sp³-hybridized carbons (Fsp3) is 0.375. The third-order valence-corrected chi connectivity index (χ3v) is 3.12. The van der Waals surface area contributed by atoms with E-state index in [0.29, 0.717) is 0 Å². The molecule has 5 nitrogen and oxygen atoms in total. The Kier molecular flexibility index (Phi) is 4.02. The van der Waals surface area contributed by atoms with E-state index in [2.05, 4.69) is 6.58 Å². The van der Waals surface area contributed by atoms with Gasteiger partial charge in [-0.2, -0.15) is 0 Å². The zero-order valence-electron chi connectivity index (χ0n) is 12.5. The molecule has 1 fully saturated rings. The van der Waals surface area contributed by atoms with Crippen molar-refractivity contribution < 1.29 is 19.1 Å². The van der Waals surface area contributed by atoms with Crippen molar-refractivity contribution in [3.8, 4) is 0 Å². The molecule has 1 aromatic carbocycles. The van der Waals surface area contributed by atoms with Crippen LogP contribution < -0.4 is 0 Å². The normalized spacial score (nSPS) is 18.6. The highest BCUT2D eigenvalue weighted by Gasteiger charge is 2.46. The Labute approximate surface area is 124 Å². The second kappa shape index (κ2) is 5.60. The van der Waals surface area contributed by atoms with E-state index >= 15 is 0 Å². The Balaban J connectivity index is 2.09. The van der Waals surface area contributed by atoms with Crippen molar-refractivity contribution >= 4 is 12.1 Å². The van der Waals surface area contributed by atoms with Crippen LogP contribution >= 0.6 is 0 Å². The number of rotatable bonds is 2. The van der Waals surface area contributed by atoms with E-state index in [1.165, 1.54) is 4.90 Å². The van der Waals surface area contributed by atoms with E-state index in [1.807, 2.05) is 51.1 Å². The van der Waals surface area contributed by atoms with E-state index in [4.69, 9.17) is 9.47 Å². The molecular weight excluding hydrogens is 270 g/mol. The van der Waals surface area contributed by atoms with Crippen LogP contribution in [0.3, 0.4) is 0 Å². The fourth-order valence-electron chi connectivity index (χ4n) is 2.02. The van der Waals surface area contributed by atoms with Gasteiger partial charge in [0.1, 0.15) is 12.3 Å². The molecule has 0 radical (unpaired) electrons. The van der Waals surface area contributed by atoms with Crippen LogP contribution in [0.4, 0.5) is 4.79 Å². The largest absolute Gasteiger partial charge is 0.444 e. The Hall–Kier alpha value is -2.30. The standard InChI is InChI=1S/C16H19NO4/c1-11-13(18)21-14(16(2,3)4)17(11)15(19)20-10-12-8-6-5-7-9-12/h5-9,14H,1,10H2,2-4H3. The van der Waals surface area contributed by atoms with Gasteiger partial charge >= 0.3 is 12.1 Å². The van der Waals surface area contributed by atoms with Gasteiger partial charge in [-0.25, -0.2) is 14.5 Å². The SMILES string of the molecule is C=C1C(=O)OC(C(C)(C)C)N1C(=O)OCc1ccccc1. The Morgan fingerprint density at radius 3 is 2.52 bits per heavy atom. The zero-order chi connectivity index (χ0) is 15.6. The summed E-state index contributed by atoms with van der Waals surface area (Å²) in [4.78, 5) is 25.1. The molecule has 0 spiro atoms. The lowest BCUT2D eigenvalue weighted by Crippen LogP contribution is -2.43. The lowest BCUT2D eigenvalue weighted by molar-refractivity contribution is -0.145. The van der Waals surface area contributed by atoms with E-state index in [-0.39, 0.29) is 12.3 Å². The van der Waals surface area contributed by atoms with E-state index in [9.17, 15) is 9.59 Å². The van der Waals surface area contributed by atoms with E-state index in [0.717, 1.165) is 5.56 Å². The molecule has 0 bridgehead atoms. The molecular formula is C16H19NO4. The van der Waals surface area contributed by atoms with Crippen molar-refractivity contribution in [2.24, 2.45) is 5.41 Å². The van der Waals surface area contributed by atoms with Crippen LogP contribution in [0.5, 0.6) is 0 Å². The highest BCUT2D eigenvalue weighted by Crippen LogP contribution is 2.34. The van der Waals surface area contributed by atoms with Gasteiger partial charge in [0, 0.05) is 5.41 Å². The zero-order valence-corrected chi connectivity index (χ0v) is 12.5. The first-order valence-corrected chi connectivity index (χ1v) is 6.70. The first-order valence-electron chi connectivity index (χ1n) is 6.70. The molecule has 1 heterocycles. The number of ether oxygens (including phenoxy) is 2. The van der Waals surface area contributed by atoms with Crippen LogP contribution in [0, 0.1) is 5.41 Å². The summed E-state index contributed by atoms with van der Waals surface area (Å²) in [6, 6.07) is 9.32. The average molecular weight is 289 g/mol. The predicted molar refractivity (Wildman–Crippen MR) is 76.9 cm³/mol. The number of hydrogen-bond acceptors (Lipinski definition) is 4. The van der Waals surface area contributed by atoms with Gasteiger partial charge in [0.15, 0.2) is 6.23 Å². The first kappa shape index (κ1) is 15.1. The molecule has 1 aliphatic rings. The van der Waals surface area contributed by atoms with Crippen LogP contribution in [0.2, 0.25) is 0 Å². The van der Waals surface area contributed by atoms with Crippen molar-refractivity contribution in [1.82, 2.24) is 4.90 Å². The minimum absolute atomic E-state index is 0.00740. The molecule has 112 valence electrons. The van der Waals surface area contributed by atoms with Gasteiger partial charge in [0.2, 0.25) is 0 Å². The summed E-state index contributed by atoms with van der Waals surface area (Å²) in [5.74, 6) is -0.591. The molecule has 1 unspecified atom stereocenters. The van der Waals surface area contributed by atoms with Crippen LogP contribution in [-0.2, 0) is 20.9 Å². The van der Waals surface area contributed by atoms with Crippen LogP contribution in [0.15, 0.2) is 42.6 Å². The smallest absolute Gasteiger partial charge is 0.417 e. The van der Waals surface area contributed by atoms with Gasteiger partial charge in [-0.05, 0) is 5.56 Å². The molecule has 5 heteroatoms. The number of hydrogen-bond donors (Lipinski definition) is 0. The summed E-state index contributed by atoms with van der Waals surface area (Å²) in [6.45, 7) is 9.37. The number of carbonyl (C=O) groups excluding carboxylic acids is 2. The number of cyclic esters (lactones) is 1. The van der Waals surface area contributed by atoms with Crippen molar-refractivity contribution in [3.05, 3.63) is 48.2 Å². The summed E-state index contributed by atoms with van der Waals surface area (Å²) >= 11 is 0. The molecule has 0 aliphatic carbocycles. The molecule has 2 rings (SSSR count). The molecule has 0 aromatic heterocycles. The van der Waals surface area contributed by atoms with Crippen LogP contribution in [0.25, 0.3) is 0 Å². The highest BCUT2D eigenvalue weighted by molar-refractivity contribution is 5.94. The van der Waals surface area contributed by atoms with E-state index in [1.54, 1.807) is 0 Å². The fourth-order valence-corrected chi connectivity index (χ4v) is 2.02. The molecule has 1 amide bonds. The van der Waals surface area contributed by atoms with Crippen molar-refractivity contribution in [1.29, 1.82) is 0 Å². The summed E-state index contributed by atoms with van der Waals surface area (Å²) in [5, 5.41) is 0. The molecule has 0 N–H and O–H groups in total. The van der Waals surface area contributed by atoms with Gasteiger partial charge < -0.3 is 9.47 Å². The molecule has 1 atom stereocenters. The third kappa shape index (κ3) is 3.24. The molecule has 21 heavy (non-hydrogen) atoms. The lowest BCUT2D eigenvalue weighted by Gasteiger charge is -2.31. The summed E-state index contributed by atoms with van der Waals surface area (Å²) in [5.41, 5.74) is 0.448. The second-order valence-electron chi connectivity index (χ2n) is 5.98. The lowest BCUT2D eigenvalue weighted by atomic mass is 9.93. The molecule has 1 aromatic rings. The quantitative estimate of drug-likeness (QED) is 0.620. The minimum atomic E-state index is -0.708. The number of esters is 1. The topological polar surface area (TPSA) is 55.8 Å². The van der Waals surface area contributed by atoms with Gasteiger partial charge in [-0.3, -0.25) is 0 Å². The number of amides is 1. The maximum atomic E-state index is 12.2. The molecule has 1 aliphatic heterocycles. The highest BCUT2D eigenvalue weighted by atomic mass is 16.6. The van der Waals surface area contributed by atoms with Crippen LogP contribution in [0.1, 0.15) is 26.3 Å². The predicted octanol–water partition coefficient (Wildman–Crippen LogP) is 3.07. The van der Waals surface area contributed by atoms with Gasteiger partial charge in [-0.15, -0.1) is 0 Å². The van der Waals surface area contributed by atoms with Crippen LogP contribution in [-0.4, -0.2) is 23.2 Å². The van der Waals surface area contributed by atoms with Gasteiger partial charge in [0.05, 0.1) is 0 Å². The number of carbonyl (C=O) groups is 2. The summed E-state index contributed by atoms with van der Waals surface area (Å²) in [7, 11) is 0. The van der Waals surface area contributed by atoms with E-state index < -0.39 is 23.7 Å². The maximum absolute atomic E-state index is 12.2. The Morgan fingerprint density at radius 1 is 1.33 bits per heavy atom. The first-order chi connectivity index (χ1) is 9.80. The summed E-state index contributed by atoms with van der Waals surface area (Å²) < 4.78 is 10.5. The Morgan fingerprint density at radius 2 is 1.95 bits per heavy atom. The minimum Gasteiger partial charge on any atom is -0.444 e. The van der Waals surface area contributed by atoms with Crippen molar-refractivity contribution in [2.45, 2.75) is 33.6 Å². The maximum Gasteiger partial charge on any atom is 0.417 e. The van der Waals surface area contributed by atoms with Gasteiger partial charge in [0.25, 0.3) is 0 Å². The van der Waals surface area contributed by atoms with Crippen molar-refractivity contribution in [3.63, 3.8) is 0 Å².